The molecule has 1 saturated carbocycles. The van der Waals surface area contributed by atoms with Gasteiger partial charge in [0.15, 0.2) is 0 Å². The number of hydrogen-bond donors (Lipinski definition) is 5. The number of halogens is 4. The molecule has 1 aromatic heterocycles. The van der Waals surface area contributed by atoms with Crippen LogP contribution in [0.5, 0.6) is 0 Å². The van der Waals surface area contributed by atoms with Crippen molar-refractivity contribution < 1.29 is 46.0 Å². The summed E-state index contributed by atoms with van der Waals surface area (Å²) in [5, 5.41) is 14.9. The maximum atomic E-state index is 15.4. The second-order valence-corrected chi connectivity index (χ2v) is 20.3. The van der Waals surface area contributed by atoms with Crippen LogP contribution in [0.4, 0.5) is 29.2 Å². The minimum absolute atomic E-state index is 0.107. The van der Waals surface area contributed by atoms with Crippen LogP contribution in [0.2, 0.25) is 0 Å². The molecule has 6 N–H and O–H groups in total. The number of allylic oxidation sites excluding steroid dienone is 1. The van der Waals surface area contributed by atoms with Crippen LogP contribution in [0.1, 0.15) is 106 Å². The topological polar surface area (TPSA) is 204 Å². The lowest BCUT2D eigenvalue weighted by Crippen LogP contribution is -2.46. The molecule has 70 heavy (non-hydrogen) atoms. The second-order valence-electron chi connectivity index (χ2n) is 19.1. The molecule has 0 spiro atoms. The number of carbonyl (C=O) groups is 3. The van der Waals surface area contributed by atoms with Gasteiger partial charge in [0, 0.05) is 80.9 Å². The number of anilines is 2. The van der Waals surface area contributed by atoms with E-state index in [0.717, 1.165) is 88.0 Å². The molecule has 0 radical (unpaired) electrons. The van der Waals surface area contributed by atoms with Gasteiger partial charge in [-0.15, -0.1) is 0 Å². The van der Waals surface area contributed by atoms with Crippen molar-refractivity contribution in [1.82, 2.24) is 29.8 Å². The Bertz CT molecular complexity index is 2480. The van der Waals surface area contributed by atoms with Crippen LogP contribution in [-0.2, 0) is 36.3 Å². The largest absolute Gasteiger partial charge is 0.419 e. The van der Waals surface area contributed by atoms with Crippen molar-refractivity contribution in [3.8, 4) is 11.8 Å². The van der Waals surface area contributed by atoms with Gasteiger partial charge >= 0.3 is 6.18 Å². The van der Waals surface area contributed by atoms with Crippen LogP contribution < -0.4 is 21.1 Å². The highest BCUT2D eigenvalue weighted by Crippen LogP contribution is 2.35. The van der Waals surface area contributed by atoms with Crippen LogP contribution >= 0.6 is 0 Å². The summed E-state index contributed by atoms with van der Waals surface area (Å²) in [4.78, 5) is 53.6. The fraction of sp³-hybridized carbons (Fsp3) is 0.520. The Morgan fingerprint density at radius 1 is 1.01 bits per heavy atom. The summed E-state index contributed by atoms with van der Waals surface area (Å²) in [7, 11) is -1.78. The molecule has 376 valence electrons. The molecular weight excluding hydrogens is 931 g/mol. The first kappa shape index (κ1) is 52.2. The van der Waals surface area contributed by atoms with Crippen LogP contribution in [0.15, 0.2) is 64.7 Å². The van der Waals surface area contributed by atoms with Gasteiger partial charge in [-0.2, -0.15) is 13.2 Å². The number of rotatable bonds is 15. The van der Waals surface area contributed by atoms with E-state index in [1.54, 1.807) is 0 Å². The number of carbonyl (C=O) groups excluding carboxylic acids is 3. The fourth-order valence-corrected chi connectivity index (χ4v) is 10.3. The predicted octanol–water partition coefficient (Wildman–Crippen LogP) is 5.98. The molecule has 0 bridgehead atoms. The summed E-state index contributed by atoms with van der Waals surface area (Å²) in [6.07, 6.45) is 5.03. The first-order chi connectivity index (χ1) is 33.4. The number of aliphatic hydroxyl groups is 1. The number of amides is 3. The molecule has 4 aliphatic rings. The van der Waals surface area contributed by atoms with E-state index in [0.29, 0.717) is 57.2 Å². The van der Waals surface area contributed by atoms with Crippen molar-refractivity contribution in [3.05, 3.63) is 83.1 Å². The minimum atomic E-state index is -4.84. The number of piperidine rings is 3. The normalized spacial score (nSPS) is 21.8. The van der Waals surface area contributed by atoms with E-state index in [1.807, 2.05) is 29.2 Å². The maximum Gasteiger partial charge on any atom is 0.419 e. The molecule has 15 nitrogen and oxygen atoms in total. The van der Waals surface area contributed by atoms with Crippen molar-refractivity contribution in [3.63, 3.8) is 0 Å². The van der Waals surface area contributed by atoms with Crippen molar-refractivity contribution in [2.75, 3.05) is 51.2 Å². The summed E-state index contributed by atoms with van der Waals surface area (Å²) in [5.41, 5.74) is 3.99. The summed E-state index contributed by atoms with van der Waals surface area (Å²) in [6.45, 7) is 7.59. The van der Waals surface area contributed by atoms with Crippen LogP contribution in [0, 0.1) is 29.5 Å². The first-order valence-electron chi connectivity index (χ1n) is 23.8. The number of nitrogens with two attached hydrogens (primary N) is 1. The van der Waals surface area contributed by atoms with Gasteiger partial charge in [-0.25, -0.2) is 23.3 Å². The van der Waals surface area contributed by atoms with Gasteiger partial charge in [0.25, 0.3) is 0 Å². The number of aliphatic imine (C=N–C) groups is 1. The molecule has 3 amide bonds. The average molecular weight is 992 g/mol. The highest BCUT2D eigenvalue weighted by molar-refractivity contribution is 7.83. The Balaban J connectivity index is 0.793. The Kier molecular flexibility index (Phi) is 17.6. The SMILES string of the molecule is CC(C)(O)CN=C/C(=C\N)c1nc(Nc2ccc(S(=O)NC3CCC(C(=O)N4CCC(CN5CCC(OCC#Cc6ccc(C7CCC(=O)NC7=O)cc6)CC5)CC4)CC3)cc2F)ncc1C(F)(F)F. The van der Waals surface area contributed by atoms with Gasteiger partial charge < -0.3 is 30.7 Å². The summed E-state index contributed by atoms with van der Waals surface area (Å²) >= 11 is 0. The summed E-state index contributed by atoms with van der Waals surface area (Å²) < 4.78 is 79.5. The molecular formula is C50H61F4N9O6S. The molecule has 2 aromatic carbocycles. The lowest BCUT2D eigenvalue weighted by molar-refractivity contribution is -0.139. The van der Waals surface area contributed by atoms with Gasteiger partial charge in [-0.1, -0.05) is 24.0 Å². The van der Waals surface area contributed by atoms with Gasteiger partial charge in [-0.3, -0.25) is 24.7 Å². The van der Waals surface area contributed by atoms with Crippen molar-refractivity contribution in [2.24, 2.45) is 22.6 Å². The minimum Gasteiger partial charge on any atom is -0.404 e. The number of likely N-dealkylation sites (tertiary alicyclic amines) is 2. The van der Waals surface area contributed by atoms with Gasteiger partial charge in [0.2, 0.25) is 23.7 Å². The van der Waals surface area contributed by atoms with Crippen molar-refractivity contribution in [1.29, 1.82) is 0 Å². The number of hydrogen-bond acceptors (Lipinski definition) is 12. The smallest absolute Gasteiger partial charge is 0.404 e. The van der Waals surface area contributed by atoms with Crippen LogP contribution in [0.25, 0.3) is 5.57 Å². The second kappa shape index (κ2) is 23.5. The van der Waals surface area contributed by atoms with Gasteiger partial charge in [0.05, 0.1) is 40.4 Å². The van der Waals surface area contributed by atoms with E-state index < -0.39 is 39.8 Å². The molecule has 3 aromatic rings. The quantitative estimate of drug-likeness (QED) is 0.0519. The number of ether oxygens (including phenoxy) is 1. The molecule has 7 rings (SSSR count). The predicted molar refractivity (Wildman–Crippen MR) is 257 cm³/mol. The van der Waals surface area contributed by atoms with E-state index in [9.17, 15) is 36.9 Å². The van der Waals surface area contributed by atoms with Crippen molar-refractivity contribution >= 4 is 52.1 Å². The molecule has 4 heterocycles. The molecule has 2 atom stereocenters. The molecule has 3 saturated heterocycles. The zero-order valence-corrected chi connectivity index (χ0v) is 40.2. The fourth-order valence-electron chi connectivity index (χ4n) is 9.26. The highest BCUT2D eigenvalue weighted by atomic mass is 32.2. The Labute approximate surface area is 408 Å². The molecule has 3 aliphatic heterocycles. The number of benzene rings is 2. The summed E-state index contributed by atoms with van der Waals surface area (Å²) in [6, 6.07) is 11.2. The molecule has 2 unspecified atom stereocenters. The number of imide groups is 1. The van der Waals surface area contributed by atoms with Crippen LogP contribution in [0.3, 0.4) is 0 Å². The number of aromatic nitrogens is 2. The Hall–Kier alpha value is -5.59. The number of alkyl halides is 3. The third-order valence-corrected chi connectivity index (χ3v) is 14.4. The van der Waals surface area contributed by atoms with E-state index in [1.165, 1.54) is 26.0 Å². The van der Waals surface area contributed by atoms with E-state index in [4.69, 9.17) is 10.5 Å². The zero-order chi connectivity index (χ0) is 50.0. The molecule has 4 fully saturated rings. The molecule has 20 heteroatoms. The molecule has 1 aliphatic carbocycles. The number of nitrogens with zero attached hydrogens (tertiary/aromatic N) is 5. The highest BCUT2D eigenvalue weighted by Gasteiger charge is 2.37. The van der Waals surface area contributed by atoms with E-state index in [2.05, 4.69) is 47.1 Å². The lowest BCUT2D eigenvalue weighted by Gasteiger charge is -2.39. The van der Waals surface area contributed by atoms with E-state index >= 15 is 4.39 Å². The van der Waals surface area contributed by atoms with E-state index in [-0.39, 0.29) is 70.4 Å². The van der Waals surface area contributed by atoms with Gasteiger partial charge in [0.1, 0.15) is 29.0 Å². The van der Waals surface area contributed by atoms with Gasteiger partial charge in [-0.05, 0) is 113 Å². The number of nitrogens with one attached hydrogen (secondary N) is 3. The standard InChI is InChI=1S/C50H61F4N9O6S/c1-49(2,67)31-56-28-36(27-55)45-41(50(52,53)54)29-57-48(60-45)58-43-15-13-39(26-42(43)51)70(68)61-37-11-9-35(10-12-37)47(66)63-23-17-33(18-24-63)30-62-21-19-38(20-22-62)69-25-3-4-32-5-7-34(8-6-32)40-14-16-44(64)59-46(40)65/h5-8,13,15,26-29,33,35,37-38,40,61,67H,9-12,14,16-25,30-31,55H2,1-2H3,(H,57,58,60)(H,59,64,65)/b36-27+,56-28?. The summed E-state index contributed by atoms with van der Waals surface area (Å²) in [5.74, 6) is 4.86. The zero-order valence-electron chi connectivity index (χ0n) is 39.4. The Morgan fingerprint density at radius 2 is 1.73 bits per heavy atom. The monoisotopic (exact) mass is 991 g/mol. The lowest BCUT2D eigenvalue weighted by atomic mass is 9.85. The van der Waals surface area contributed by atoms with Crippen molar-refractivity contribution in [2.45, 2.75) is 113 Å². The maximum absolute atomic E-state index is 15.4. The van der Waals surface area contributed by atoms with Crippen LogP contribution in [-0.4, -0.2) is 117 Å². The Morgan fingerprint density at radius 3 is 2.37 bits per heavy atom. The first-order valence-corrected chi connectivity index (χ1v) is 25.0. The third-order valence-electron chi connectivity index (χ3n) is 13.2. The average Bonchev–Trinajstić information content (AvgIpc) is 3.33. The third kappa shape index (κ3) is 14.5.